The third-order valence-corrected chi connectivity index (χ3v) is 4.31. The monoisotopic (exact) mass is 376 g/mol. The Morgan fingerprint density at radius 2 is 2.21 bits per heavy atom. The number of rotatable bonds is 3. The van der Waals surface area contributed by atoms with Crippen molar-refractivity contribution in [3.8, 4) is 11.8 Å². The lowest BCUT2D eigenvalue weighted by Gasteiger charge is -2.21. The van der Waals surface area contributed by atoms with Gasteiger partial charge in [-0.15, -0.1) is 0 Å². The molecule has 0 radical (unpaired) electrons. The molecule has 0 amide bonds. The molecule has 0 saturated heterocycles. The van der Waals surface area contributed by atoms with Crippen LogP contribution in [0.15, 0.2) is 43.0 Å². The molecular weight excluding hydrogens is 356 g/mol. The Morgan fingerprint density at radius 1 is 1.36 bits per heavy atom. The summed E-state index contributed by atoms with van der Waals surface area (Å²) in [5.74, 6) is 6.60. The topological polar surface area (TPSA) is 118 Å². The third-order valence-electron chi connectivity index (χ3n) is 4.31. The molecule has 9 nitrogen and oxygen atoms in total. The van der Waals surface area contributed by atoms with Crippen LogP contribution in [0.4, 0.5) is 23.3 Å². The van der Waals surface area contributed by atoms with Crippen molar-refractivity contribution in [3.05, 3.63) is 48.5 Å². The number of nitrogens with one attached hydrogen (secondary N) is 1. The minimum absolute atomic E-state index is 0.0528. The van der Waals surface area contributed by atoms with E-state index in [0.717, 1.165) is 16.9 Å². The molecule has 1 aliphatic rings. The van der Waals surface area contributed by atoms with Gasteiger partial charge in [0.05, 0.1) is 17.9 Å². The summed E-state index contributed by atoms with van der Waals surface area (Å²) in [5.41, 5.74) is 7.09. The van der Waals surface area contributed by atoms with Gasteiger partial charge in [-0.25, -0.2) is 9.97 Å². The SMILES string of the molecule is CC1Nc2ccc(C#CC(C)(O)Cn3cccn3)cc2N1c1ncnc(N)n1. The maximum absolute atomic E-state index is 10.5. The summed E-state index contributed by atoms with van der Waals surface area (Å²) in [6.45, 7) is 3.95. The zero-order chi connectivity index (χ0) is 19.7. The Balaban J connectivity index is 1.63. The standard InChI is InChI=1S/C19H20N8O/c1-13-24-15-5-4-14(6-7-19(2,28)11-26-9-3-8-23-26)10-16(15)27(13)18-22-12-21-17(20)25-18/h3-5,8-10,12-13,24,28H,11H2,1-2H3,(H2,20,21,22,25). The van der Waals surface area contributed by atoms with Crippen LogP contribution >= 0.6 is 0 Å². The first-order valence-corrected chi connectivity index (χ1v) is 8.79. The van der Waals surface area contributed by atoms with Gasteiger partial charge >= 0.3 is 0 Å². The third kappa shape index (κ3) is 3.58. The Bertz CT molecular complexity index is 1050. The van der Waals surface area contributed by atoms with Gasteiger partial charge in [0.15, 0.2) is 0 Å². The second-order valence-electron chi connectivity index (χ2n) is 6.79. The van der Waals surface area contributed by atoms with Crippen molar-refractivity contribution in [3.63, 3.8) is 0 Å². The maximum atomic E-state index is 10.5. The van der Waals surface area contributed by atoms with Crippen molar-refractivity contribution < 1.29 is 5.11 Å². The molecule has 9 heteroatoms. The number of anilines is 4. The summed E-state index contributed by atoms with van der Waals surface area (Å²) in [6.07, 6.45) is 4.79. The van der Waals surface area contributed by atoms with E-state index in [1.165, 1.54) is 6.33 Å². The first kappa shape index (κ1) is 17.8. The van der Waals surface area contributed by atoms with E-state index in [1.54, 1.807) is 30.1 Å². The number of hydrogen-bond acceptors (Lipinski definition) is 8. The maximum Gasteiger partial charge on any atom is 0.236 e. The van der Waals surface area contributed by atoms with E-state index in [-0.39, 0.29) is 18.7 Å². The predicted octanol–water partition coefficient (Wildman–Crippen LogP) is 1.36. The summed E-state index contributed by atoms with van der Waals surface area (Å²) < 4.78 is 1.65. The van der Waals surface area contributed by atoms with Gasteiger partial charge in [0, 0.05) is 18.0 Å². The van der Waals surface area contributed by atoms with Crippen LogP contribution in [0.25, 0.3) is 0 Å². The summed E-state index contributed by atoms with van der Waals surface area (Å²) >= 11 is 0. The van der Waals surface area contributed by atoms with Gasteiger partial charge in [-0.3, -0.25) is 9.58 Å². The number of hydrogen-bond donors (Lipinski definition) is 3. The lowest BCUT2D eigenvalue weighted by atomic mass is 10.1. The summed E-state index contributed by atoms with van der Waals surface area (Å²) in [7, 11) is 0. The molecule has 2 atom stereocenters. The fraction of sp³-hybridized carbons (Fsp3) is 0.263. The van der Waals surface area contributed by atoms with E-state index in [0.29, 0.717) is 5.95 Å². The normalized spacial score (nSPS) is 17.2. The molecule has 0 saturated carbocycles. The van der Waals surface area contributed by atoms with Gasteiger partial charge in [-0.1, -0.05) is 11.8 Å². The smallest absolute Gasteiger partial charge is 0.236 e. The molecule has 4 rings (SSSR count). The number of aromatic nitrogens is 5. The lowest BCUT2D eigenvalue weighted by molar-refractivity contribution is 0.0977. The molecule has 4 N–H and O–H groups in total. The van der Waals surface area contributed by atoms with E-state index in [1.807, 2.05) is 30.0 Å². The minimum atomic E-state index is -1.21. The number of nitrogens with two attached hydrogens (primary N) is 1. The average molecular weight is 376 g/mol. The van der Waals surface area contributed by atoms with Crippen LogP contribution in [-0.4, -0.2) is 41.6 Å². The summed E-state index contributed by atoms with van der Waals surface area (Å²) in [6, 6.07) is 7.59. The Morgan fingerprint density at radius 3 is 2.96 bits per heavy atom. The van der Waals surface area contributed by atoms with Gasteiger partial charge in [0.2, 0.25) is 11.9 Å². The molecule has 0 fully saturated rings. The molecular formula is C19H20N8O. The Kier molecular flexibility index (Phi) is 4.33. The van der Waals surface area contributed by atoms with Crippen molar-refractivity contribution in [2.75, 3.05) is 16.0 Å². The molecule has 2 aromatic heterocycles. The molecule has 0 spiro atoms. The Labute approximate surface area is 162 Å². The molecule has 0 bridgehead atoms. The summed E-state index contributed by atoms with van der Waals surface area (Å²) in [5, 5.41) is 18.0. The molecule has 28 heavy (non-hydrogen) atoms. The van der Waals surface area contributed by atoms with E-state index in [2.05, 4.69) is 37.2 Å². The van der Waals surface area contributed by atoms with Gasteiger partial charge in [-0.05, 0) is 38.1 Å². The molecule has 142 valence electrons. The van der Waals surface area contributed by atoms with E-state index >= 15 is 0 Å². The number of nitrogen functional groups attached to an aromatic ring is 1. The van der Waals surface area contributed by atoms with Crippen molar-refractivity contribution in [2.24, 2.45) is 0 Å². The second kappa shape index (κ2) is 6.83. The number of fused-ring (bicyclic) bond motifs is 1. The van der Waals surface area contributed by atoms with Crippen LogP contribution in [0.5, 0.6) is 0 Å². The quantitative estimate of drug-likeness (QED) is 0.587. The van der Waals surface area contributed by atoms with Crippen molar-refractivity contribution >= 4 is 23.3 Å². The highest BCUT2D eigenvalue weighted by Crippen LogP contribution is 2.38. The van der Waals surface area contributed by atoms with Crippen LogP contribution in [0.3, 0.4) is 0 Å². The van der Waals surface area contributed by atoms with Gasteiger partial charge in [0.25, 0.3) is 0 Å². The van der Waals surface area contributed by atoms with Gasteiger partial charge in [0.1, 0.15) is 18.1 Å². The highest BCUT2D eigenvalue weighted by Gasteiger charge is 2.29. The van der Waals surface area contributed by atoms with Crippen LogP contribution in [0.2, 0.25) is 0 Å². The van der Waals surface area contributed by atoms with E-state index < -0.39 is 5.60 Å². The first-order chi connectivity index (χ1) is 13.4. The molecule has 3 heterocycles. The molecule has 2 unspecified atom stereocenters. The van der Waals surface area contributed by atoms with Crippen LogP contribution in [0, 0.1) is 11.8 Å². The lowest BCUT2D eigenvalue weighted by Crippen LogP contribution is -2.30. The number of benzene rings is 1. The highest BCUT2D eigenvalue weighted by molar-refractivity contribution is 5.81. The molecule has 0 aliphatic carbocycles. The van der Waals surface area contributed by atoms with Crippen LogP contribution in [-0.2, 0) is 6.54 Å². The number of nitrogens with zero attached hydrogens (tertiary/aromatic N) is 6. The zero-order valence-corrected chi connectivity index (χ0v) is 15.5. The van der Waals surface area contributed by atoms with Crippen molar-refractivity contribution in [2.45, 2.75) is 32.2 Å². The average Bonchev–Trinajstić information content (AvgIpc) is 3.25. The second-order valence-corrected chi connectivity index (χ2v) is 6.79. The van der Waals surface area contributed by atoms with Crippen LogP contribution in [0.1, 0.15) is 19.4 Å². The van der Waals surface area contributed by atoms with Crippen molar-refractivity contribution in [1.29, 1.82) is 0 Å². The summed E-state index contributed by atoms with van der Waals surface area (Å²) in [4.78, 5) is 14.2. The molecule has 3 aromatic rings. The first-order valence-electron chi connectivity index (χ1n) is 8.79. The van der Waals surface area contributed by atoms with Crippen molar-refractivity contribution in [1.82, 2.24) is 24.7 Å². The largest absolute Gasteiger partial charge is 0.376 e. The van der Waals surface area contributed by atoms with E-state index in [9.17, 15) is 5.11 Å². The molecule has 1 aliphatic heterocycles. The van der Waals surface area contributed by atoms with Gasteiger partial charge in [-0.2, -0.15) is 10.1 Å². The predicted molar refractivity (Wildman–Crippen MR) is 106 cm³/mol. The van der Waals surface area contributed by atoms with E-state index in [4.69, 9.17) is 5.73 Å². The molecule has 1 aromatic carbocycles. The zero-order valence-electron chi connectivity index (χ0n) is 15.5. The van der Waals surface area contributed by atoms with Gasteiger partial charge < -0.3 is 16.2 Å². The number of aliphatic hydroxyl groups is 1. The van der Waals surface area contributed by atoms with Crippen LogP contribution < -0.4 is 16.0 Å². The highest BCUT2D eigenvalue weighted by atomic mass is 16.3. The fourth-order valence-corrected chi connectivity index (χ4v) is 3.08. The Hall–Kier alpha value is -3.64. The fourth-order valence-electron chi connectivity index (χ4n) is 3.08. The minimum Gasteiger partial charge on any atom is -0.376 e.